The lowest BCUT2D eigenvalue weighted by molar-refractivity contribution is -0.146. The van der Waals surface area contributed by atoms with Gasteiger partial charge in [0.15, 0.2) is 0 Å². The number of nitrogens with zero attached hydrogens (tertiary/aromatic N) is 3. The zero-order valence-electron chi connectivity index (χ0n) is 14.6. The molecule has 3 atom stereocenters. The molecule has 0 spiro atoms. The zero-order chi connectivity index (χ0) is 18.1. The molecule has 1 fully saturated rings. The van der Waals surface area contributed by atoms with Gasteiger partial charge in [-0.25, -0.2) is 0 Å². The largest absolute Gasteiger partial charge is 0.299 e. The summed E-state index contributed by atoms with van der Waals surface area (Å²) < 4.78 is 0. The Morgan fingerprint density at radius 1 is 1.20 bits per heavy atom. The van der Waals surface area contributed by atoms with E-state index in [4.69, 9.17) is 0 Å². The Hall–Kier alpha value is -2.09. The lowest BCUT2D eigenvalue weighted by Gasteiger charge is -2.21. The molecule has 0 bridgehead atoms. The maximum atomic E-state index is 12.5. The van der Waals surface area contributed by atoms with Crippen LogP contribution in [-0.4, -0.2) is 38.9 Å². The molecule has 2 aliphatic rings. The molecule has 1 aliphatic carbocycles. The van der Waals surface area contributed by atoms with E-state index in [1.807, 2.05) is 12.2 Å². The van der Waals surface area contributed by atoms with E-state index in [9.17, 15) is 14.4 Å². The van der Waals surface area contributed by atoms with Gasteiger partial charge in [-0.05, 0) is 25.7 Å². The second kappa shape index (κ2) is 7.03. The van der Waals surface area contributed by atoms with Crippen LogP contribution in [-0.2, 0) is 20.8 Å². The Morgan fingerprint density at radius 3 is 2.36 bits per heavy atom. The lowest BCUT2D eigenvalue weighted by atomic mass is 9.85. The Labute approximate surface area is 150 Å². The van der Waals surface area contributed by atoms with Crippen molar-refractivity contribution in [3.05, 3.63) is 17.2 Å². The van der Waals surface area contributed by atoms with E-state index < -0.39 is 11.9 Å². The van der Waals surface area contributed by atoms with Gasteiger partial charge in [-0.1, -0.05) is 37.3 Å². The number of hydrogen-bond acceptors (Lipinski definition) is 6. The summed E-state index contributed by atoms with van der Waals surface area (Å²) in [6.45, 7) is 5.74. The van der Waals surface area contributed by atoms with Crippen molar-refractivity contribution in [2.45, 2.75) is 46.1 Å². The number of anilines is 1. The number of allylic oxidation sites excluding steroid dienone is 2. The Bertz CT molecular complexity index is 701. The van der Waals surface area contributed by atoms with E-state index in [-0.39, 0.29) is 23.7 Å². The Balaban J connectivity index is 1.67. The number of aromatic nitrogens is 2. The van der Waals surface area contributed by atoms with Crippen LogP contribution in [0.2, 0.25) is 0 Å². The monoisotopic (exact) mass is 362 g/mol. The smallest absolute Gasteiger partial charge is 0.249 e. The number of carbonyl (C=O) groups excluding carboxylic acids is 3. The molecular formula is C17H22N4O3S. The summed E-state index contributed by atoms with van der Waals surface area (Å²) >= 11 is 1.32. The average molecular weight is 362 g/mol. The highest BCUT2D eigenvalue weighted by Gasteiger charge is 2.50. The SMILES string of the molecule is CC(C)Cc1nnc(NC(=O)C(C)N2C(=O)C3CC=CCC3C2=O)s1. The van der Waals surface area contributed by atoms with Crippen LogP contribution >= 0.6 is 11.3 Å². The number of imide groups is 1. The van der Waals surface area contributed by atoms with E-state index in [0.29, 0.717) is 23.9 Å². The van der Waals surface area contributed by atoms with Crippen LogP contribution in [0.4, 0.5) is 5.13 Å². The molecule has 1 aliphatic heterocycles. The van der Waals surface area contributed by atoms with Gasteiger partial charge in [0.2, 0.25) is 22.9 Å². The van der Waals surface area contributed by atoms with Crippen molar-refractivity contribution in [3.8, 4) is 0 Å². The summed E-state index contributed by atoms with van der Waals surface area (Å²) in [6.07, 6.45) is 5.78. The highest BCUT2D eigenvalue weighted by molar-refractivity contribution is 7.15. The molecule has 0 saturated carbocycles. The van der Waals surface area contributed by atoms with Crippen LogP contribution in [0, 0.1) is 17.8 Å². The molecular weight excluding hydrogens is 340 g/mol. The van der Waals surface area contributed by atoms with Crippen molar-refractivity contribution >= 4 is 34.2 Å². The fourth-order valence-electron chi connectivity index (χ4n) is 3.27. The van der Waals surface area contributed by atoms with E-state index in [0.717, 1.165) is 16.3 Å². The predicted octanol–water partition coefficient (Wildman–Crippen LogP) is 2.01. The molecule has 25 heavy (non-hydrogen) atoms. The standard InChI is InChI=1S/C17H22N4O3S/c1-9(2)8-13-19-20-17(25-13)18-14(22)10(3)21-15(23)11-6-4-5-7-12(11)16(21)24/h4-5,9-12H,6-8H2,1-3H3,(H,18,20,22). The molecule has 1 aromatic rings. The maximum absolute atomic E-state index is 12.5. The highest BCUT2D eigenvalue weighted by Crippen LogP contribution is 2.36. The quantitative estimate of drug-likeness (QED) is 0.639. The summed E-state index contributed by atoms with van der Waals surface area (Å²) in [5.74, 6) is -1.12. The number of nitrogens with one attached hydrogen (secondary N) is 1. The third kappa shape index (κ3) is 3.49. The molecule has 134 valence electrons. The van der Waals surface area contributed by atoms with Crippen molar-refractivity contribution in [1.29, 1.82) is 0 Å². The number of hydrogen-bond donors (Lipinski definition) is 1. The van der Waals surface area contributed by atoms with Gasteiger partial charge in [0.1, 0.15) is 11.0 Å². The van der Waals surface area contributed by atoms with Crippen molar-refractivity contribution in [2.24, 2.45) is 17.8 Å². The summed E-state index contributed by atoms with van der Waals surface area (Å²) in [6, 6.07) is -0.858. The summed E-state index contributed by atoms with van der Waals surface area (Å²) in [7, 11) is 0. The van der Waals surface area contributed by atoms with Crippen LogP contribution in [0.15, 0.2) is 12.2 Å². The molecule has 3 amide bonds. The highest BCUT2D eigenvalue weighted by atomic mass is 32.1. The number of rotatable bonds is 5. The number of fused-ring (bicyclic) bond motifs is 1. The molecule has 1 saturated heterocycles. The lowest BCUT2D eigenvalue weighted by Crippen LogP contribution is -2.46. The minimum atomic E-state index is -0.858. The van der Waals surface area contributed by atoms with E-state index in [1.54, 1.807) is 6.92 Å². The number of amides is 3. The van der Waals surface area contributed by atoms with Gasteiger partial charge in [0, 0.05) is 6.42 Å². The van der Waals surface area contributed by atoms with Gasteiger partial charge >= 0.3 is 0 Å². The first kappa shape index (κ1) is 17.7. The van der Waals surface area contributed by atoms with Gasteiger partial charge in [-0.15, -0.1) is 10.2 Å². The summed E-state index contributed by atoms with van der Waals surface area (Å²) in [5, 5.41) is 11.9. The minimum Gasteiger partial charge on any atom is -0.299 e. The van der Waals surface area contributed by atoms with Crippen LogP contribution in [0.1, 0.15) is 38.6 Å². The van der Waals surface area contributed by atoms with Crippen molar-refractivity contribution < 1.29 is 14.4 Å². The zero-order valence-corrected chi connectivity index (χ0v) is 15.4. The predicted molar refractivity (Wildman–Crippen MR) is 93.7 cm³/mol. The summed E-state index contributed by atoms with van der Waals surface area (Å²) in [4.78, 5) is 38.7. The first-order valence-electron chi connectivity index (χ1n) is 8.53. The van der Waals surface area contributed by atoms with Crippen molar-refractivity contribution in [3.63, 3.8) is 0 Å². The molecule has 2 heterocycles. The first-order chi connectivity index (χ1) is 11.9. The normalized spacial score (nSPS) is 23.9. The van der Waals surface area contributed by atoms with Gasteiger partial charge < -0.3 is 0 Å². The molecule has 8 heteroatoms. The molecule has 3 unspecified atom stereocenters. The molecule has 1 aromatic heterocycles. The van der Waals surface area contributed by atoms with E-state index in [1.165, 1.54) is 11.3 Å². The van der Waals surface area contributed by atoms with E-state index >= 15 is 0 Å². The fourth-order valence-corrected chi connectivity index (χ4v) is 4.23. The van der Waals surface area contributed by atoms with Crippen LogP contribution in [0.3, 0.4) is 0 Å². The van der Waals surface area contributed by atoms with Crippen molar-refractivity contribution in [2.75, 3.05) is 5.32 Å². The van der Waals surface area contributed by atoms with Crippen molar-refractivity contribution in [1.82, 2.24) is 15.1 Å². The molecule has 7 nitrogen and oxygen atoms in total. The molecule has 0 radical (unpaired) electrons. The van der Waals surface area contributed by atoms with E-state index in [2.05, 4.69) is 29.4 Å². The molecule has 3 rings (SSSR count). The second-order valence-electron chi connectivity index (χ2n) is 6.97. The number of likely N-dealkylation sites (tertiary alicyclic amines) is 1. The summed E-state index contributed by atoms with van der Waals surface area (Å²) in [5.41, 5.74) is 0. The maximum Gasteiger partial charge on any atom is 0.249 e. The van der Waals surface area contributed by atoms with Crippen LogP contribution < -0.4 is 5.32 Å². The van der Waals surface area contributed by atoms with Gasteiger partial charge in [0.25, 0.3) is 0 Å². The molecule has 1 N–H and O–H groups in total. The van der Waals surface area contributed by atoms with Crippen LogP contribution in [0.5, 0.6) is 0 Å². The Kier molecular flexibility index (Phi) is 4.99. The van der Waals surface area contributed by atoms with Gasteiger partial charge in [-0.3, -0.25) is 24.6 Å². The third-order valence-corrected chi connectivity index (χ3v) is 5.45. The minimum absolute atomic E-state index is 0.250. The average Bonchev–Trinajstić information content (AvgIpc) is 3.10. The Morgan fingerprint density at radius 2 is 1.80 bits per heavy atom. The molecule has 0 aromatic carbocycles. The first-order valence-corrected chi connectivity index (χ1v) is 9.35. The van der Waals surface area contributed by atoms with Gasteiger partial charge in [-0.2, -0.15) is 0 Å². The van der Waals surface area contributed by atoms with Crippen LogP contribution in [0.25, 0.3) is 0 Å². The second-order valence-corrected chi connectivity index (χ2v) is 8.03. The fraction of sp³-hybridized carbons (Fsp3) is 0.588. The number of carbonyl (C=O) groups is 3. The third-order valence-electron chi connectivity index (χ3n) is 4.59. The topological polar surface area (TPSA) is 92.3 Å². The van der Waals surface area contributed by atoms with Gasteiger partial charge in [0.05, 0.1) is 11.8 Å².